The van der Waals surface area contributed by atoms with Crippen molar-refractivity contribution in [2.75, 3.05) is 0 Å². The number of hydrogen-bond donors (Lipinski definition) is 2. The first-order valence-corrected chi connectivity index (χ1v) is 9.51. The van der Waals surface area contributed by atoms with Crippen LogP contribution in [-0.4, -0.2) is 9.97 Å². The van der Waals surface area contributed by atoms with Crippen LogP contribution in [0.15, 0.2) is 41.2 Å². The zero-order valence-electron chi connectivity index (χ0n) is 14.8. The normalized spacial score (nSPS) is 15.0. The van der Waals surface area contributed by atoms with Gasteiger partial charge in [-0.3, -0.25) is 4.79 Å². The number of halogens is 1. The lowest BCUT2D eigenvalue weighted by Gasteiger charge is -2.20. The largest absolute Gasteiger partial charge is 0.309 e. The van der Waals surface area contributed by atoms with Gasteiger partial charge in [-0.25, -0.2) is 4.98 Å². The third-order valence-corrected chi connectivity index (χ3v) is 5.40. The highest BCUT2D eigenvalue weighted by molar-refractivity contribution is 6.31. The predicted molar refractivity (Wildman–Crippen MR) is 106 cm³/mol. The summed E-state index contributed by atoms with van der Waals surface area (Å²) in [6, 6.07) is 12.2. The minimum Gasteiger partial charge on any atom is -0.309 e. The van der Waals surface area contributed by atoms with Crippen LogP contribution < -0.4 is 10.9 Å². The van der Waals surface area contributed by atoms with Gasteiger partial charge in [-0.2, -0.15) is 0 Å². The van der Waals surface area contributed by atoms with Crippen LogP contribution in [0.3, 0.4) is 0 Å². The van der Waals surface area contributed by atoms with Crippen LogP contribution in [0.2, 0.25) is 5.02 Å². The summed E-state index contributed by atoms with van der Waals surface area (Å²) < 4.78 is 0. The first kappa shape index (κ1) is 17.3. The topological polar surface area (TPSA) is 57.8 Å². The van der Waals surface area contributed by atoms with E-state index in [-0.39, 0.29) is 11.6 Å². The van der Waals surface area contributed by atoms with Crippen LogP contribution in [0.1, 0.15) is 48.3 Å². The van der Waals surface area contributed by atoms with Crippen molar-refractivity contribution in [2.24, 2.45) is 0 Å². The molecule has 26 heavy (non-hydrogen) atoms. The molecule has 0 bridgehead atoms. The summed E-state index contributed by atoms with van der Waals surface area (Å²) in [4.78, 5) is 19.6. The summed E-state index contributed by atoms with van der Waals surface area (Å²) in [5.74, 6) is 0.634. The quantitative estimate of drug-likeness (QED) is 0.722. The van der Waals surface area contributed by atoms with E-state index >= 15 is 0 Å². The fraction of sp³-hybridized carbons (Fsp3) is 0.333. The minimum atomic E-state index is -0.157. The molecule has 3 aromatic rings. The van der Waals surface area contributed by atoms with Gasteiger partial charge in [-0.15, -0.1) is 0 Å². The Bertz CT molecular complexity index is 1010. The van der Waals surface area contributed by atoms with Crippen molar-refractivity contribution in [3.63, 3.8) is 0 Å². The summed E-state index contributed by atoms with van der Waals surface area (Å²) >= 11 is 5.96. The van der Waals surface area contributed by atoms with E-state index in [1.807, 2.05) is 0 Å². The zero-order valence-corrected chi connectivity index (χ0v) is 15.6. The molecule has 4 rings (SSSR count). The van der Waals surface area contributed by atoms with Gasteiger partial charge in [0.05, 0.1) is 17.4 Å². The number of benzene rings is 2. The molecule has 0 spiro atoms. The van der Waals surface area contributed by atoms with E-state index in [4.69, 9.17) is 11.6 Å². The number of rotatable bonds is 4. The average Bonchev–Trinajstić information content (AvgIpc) is 2.66. The van der Waals surface area contributed by atoms with Crippen LogP contribution in [-0.2, 0) is 19.4 Å². The highest BCUT2D eigenvalue weighted by atomic mass is 35.5. The van der Waals surface area contributed by atoms with E-state index in [1.54, 1.807) is 18.2 Å². The van der Waals surface area contributed by atoms with Crippen molar-refractivity contribution >= 4 is 22.5 Å². The van der Waals surface area contributed by atoms with Crippen molar-refractivity contribution in [1.82, 2.24) is 15.3 Å². The lowest BCUT2D eigenvalue weighted by molar-refractivity contribution is 0.557. The molecular weight excluding hydrogens is 346 g/mol. The zero-order chi connectivity index (χ0) is 18.1. The van der Waals surface area contributed by atoms with Crippen molar-refractivity contribution in [2.45, 2.75) is 45.2 Å². The predicted octanol–water partition coefficient (Wildman–Crippen LogP) is 4.31. The number of H-pyrrole nitrogens is 1. The second-order valence-corrected chi connectivity index (χ2v) is 7.45. The third kappa shape index (κ3) is 3.53. The molecule has 0 amide bonds. The first-order chi connectivity index (χ1) is 12.6. The SMILES string of the molecule is C[C@H](NCc1nc2ccc(Cl)cc2c(=O)[nH]1)c1ccc2c(c1)CCCC2. The van der Waals surface area contributed by atoms with Crippen LogP contribution in [0, 0.1) is 0 Å². The van der Waals surface area contributed by atoms with Crippen molar-refractivity contribution in [3.8, 4) is 0 Å². The standard InChI is InChI=1S/C21H22ClN3O/c1-13(15-7-6-14-4-2-3-5-16(14)10-15)23-12-20-24-19-9-8-17(22)11-18(19)21(26)25-20/h6-11,13,23H,2-5,12H2,1H3,(H,24,25,26)/t13-/m0/s1. The maximum absolute atomic E-state index is 12.2. The number of nitrogens with zero attached hydrogens (tertiary/aromatic N) is 1. The molecule has 134 valence electrons. The van der Waals surface area contributed by atoms with E-state index < -0.39 is 0 Å². The van der Waals surface area contributed by atoms with Gasteiger partial charge in [0.1, 0.15) is 5.82 Å². The molecule has 1 aliphatic carbocycles. The number of aromatic amines is 1. The van der Waals surface area contributed by atoms with Gasteiger partial charge in [0.2, 0.25) is 0 Å². The van der Waals surface area contributed by atoms with Gasteiger partial charge in [0.25, 0.3) is 5.56 Å². The fourth-order valence-electron chi connectivity index (χ4n) is 3.63. The van der Waals surface area contributed by atoms with Gasteiger partial charge in [-0.1, -0.05) is 29.8 Å². The first-order valence-electron chi connectivity index (χ1n) is 9.14. The van der Waals surface area contributed by atoms with Gasteiger partial charge in [0.15, 0.2) is 0 Å². The fourth-order valence-corrected chi connectivity index (χ4v) is 3.81. The summed E-state index contributed by atoms with van der Waals surface area (Å²) in [6.07, 6.45) is 4.96. The average molecular weight is 368 g/mol. The summed E-state index contributed by atoms with van der Waals surface area (Å²) in [5, 5.41) is 4.52. The second-order valence-electron chi connectivity index (χ2n) is 7.01. The van der Waals surface area contributed by atoms with Crippen molar-refractivity contribution in [1.29, 1.82) is 0 Å². The molecule has 0 unspecified atom stereocenters. The molecule has 2 aromatic carbocycles. The number of hydrogen-bond acceptors (Lipinski definition) is 3. The Hall–Kier alpha value is -2.17. The van der Waals surface area contributed by atoms with Crippen LogP contribution in [0.25, 0.3) is 10.9 Å². The van der Waals surface area contributed by atoms with E-state index in [2.05, 4.69) is 40.4 Å². The highest BCUT2D eigenvalue weighted by Crippen LogP contribution is 2.25. The minimum absolute atomic E-state index is 0.157. The number of aromatic nitrogens is 2. The molecule has 5 heteroatoms. The molecule has 1 aromatic heterocycles. The smallest absolute Gasteiger partial charge is 0.258 e. The summed E-state index contributed by atoms with van der Waals surface area (Å²) in [6.45, 7) is 2.65. The van der Waals surface area contributed by atoms with Gasteiger partial charge < -0.3 is 10.3 Å². The number of aryl methyl sites for hydroxylation is 2. The Labute approximate surface area is 157 Å². The molecule has 0 fully saturated rings. The third-order valence-electron chi connectivity index (χ3n) is 5.16. The number of fused-ring (bicyclic) bond motifs is 2. The number of nitrogens with one attached hydrogen (secondary N) is 2. The second kappa shape index (κ2) is 7.22. The lowest BCUT2D eigenvalue weighted by atomic mass is 9.89. The van der Waals surface area contributed by atoms with Crippen LogP contribution in [0.4, 0.5) is 0 Å². The molecule has 1 atom stereocenters. The van der Waals surface area contributed by atoms with Gasteiger partial charge in [-0.05, 0) is 67.5 Å². The van der Waals surface area contributed by atoms with E-state index in [1.165, 1.54) is 42.4 Å². The molecule has 0 aliphatic heterocycles. The molecular formula is C21H22ClN3O. The Morgan fingerprint density at radius 3 is 2.81 bits per heavy atom. The summed E-state index contributed by atoms with van der Waals surface area (Å²) in [7, 11) is 0. The maximum Gasteiger partial charge on any atom is 0.258 e. The summed E-state index contributed by atoms with van der Waals surface area (Å²) in [5.41, 5.74) is 4.76. The maximum atomic E-state index is 12.2. The molecule has 2 N–H and O–H groups in total. The van der Waals surface area contributed by atoms with Crippen molar-refractivity contribution in [3.05, 3.63) is 74.3 Å². The highest BCUT2D eigenvalue weighted by Gasteiger charge is 2.13. The van der Waals surface area contributed by atoms with Crippen LogP contribution in [0.5, 0.6) is 0 Å². The van der Waals surface area contributed by atoms with Gasteiger partial charge in [0, 0.05) is 11.1 Å². The van der Waals surface area contributed by atoms with E-state index in [9.17, 15) is 4.79 Å². The molecule has 0 radical (unpaired) electrons. The lowest BCUT2D eigenvalue weighted by Crippen LogP contribution is -2.22. The molecule has 0 saturated heterocycles. The molecule has 1 aliphatic rings. The molecule has 4 nitrogen and oxygen atoms in total. The molecule has 0 saturated carbocycles. The van der Waals surface area contributed by atoms with Crippen molar-refractivity contribution < 1.29 is 0 Å². The Morgan fingerprint density at radius 2 is 1.96 bits per heavy atom. The van der Waals surface area contributed by atoms with E-state index in [0.29, 0.717) is 28.3 Å². The Morgan fingerprint density at radius 1 is 1.15 bits per heavy atom. The molecule has 1 heterocycles. The van der Waals surface area contributed by atoms with E-state index in [0.717, 1.165) is 0 Å². The Kier molecular flexibility index (Phi) is 4.79. The Balaban J connectivity index is 1.51. The van der Waals surface area contributed by atoms with Gasteiger partial charge >= 0.3 is 0 Å². The monoisotopic (exact) mass is 367 g/mol. The van der Waals surface area contributed by atoms with Crippen LogP contribution >= 0.6 is 11.6 Å².